The van der Waals surface area contributed by atoms with Gasteiger partial charge in [0, 0.05) is 0 Å². The molecule has 0 radical (unpaired) electrons. The van der Waals surface area contributed by atoms with E-state index in [2.05, 4.69) is 19.9 Å². The van der Waals surface area contributed by atoms with Gasteiger partial charge in [-0.1, -0.05) is 19.9 Å². The van der Waals surface area contributed by atoms with Gasteiger partial charge in [-0.2, -0.15) is 0 Å². The van der Waals surface area contributed by atoms with Crippen molar-refractivity contribution in [1.29, 1.82) is 0 Å². The molecule has 1 nitrogen and oxygen atoms in total. The minimum atomic E-state index is -0.123. The van der Waals surface area contributed by atoms with Crippen LogP contribution in [-0.4, -0.2) is 11.2 Å². The van der Waals surface area contributed by atoms with Crippen LogP contribution < -0.4 is 0 Å². The summed E-state index contributed by atoms with van der Waals surface area (Å²) in [6, 6.07) is 0. The molecule has 1 fully saturated rings. The molecule has 0 aromatic rings. The molecule has 1 saturated carbocycles. The van der Waals surface area contributed by atoms with Crippen LogP contribution in [-0.2, 0) is 0 Å². The summed E-state index contributed by atoms with van der Waals surface area (Å²) in [6.45, 7) is 4.30. The van der Waals surface area contributed by atoms with E-state index in [1.54, 1.807) is 0 Å². The Morgan fingerprint density at radius 2 is 2.30 bits per heavy atom. The SMILES string of the molecule is CC(C)/C=C1\CCCC1O. The van der Waals surface area contributed by atoms with E-state index in [0.717, 1.165) is 12.8 Å². The van der Waals surface area contributed by atoms with E-state index < -0.39 is 0 Å². The van der Waals surface area contributed by atoms with E-state index in [-0.39, 0.29) is 6.10 Å². The van der Waals surface area contributed by atoms with Crippen molar-refractivity contribution in [2.24, 2.45) is 5.92 Å². The summed E-state index contributed by atoms with van der Waals surface area (Å²) >= 11 is 0. The molecule has 1 unspecified atom stereocenters. The Morgan fingerprint density at radius 1 is 1.60 bits per heavy atom. The first-order valence-corrected chi connectivity index (χ1v) is 4.09. The Hall–Kier alpha value is -0.300. The Balaban J connectivity index is 2.54. The summed E-state index contributed by atoms with van der Waals surface area (Å²) in [5.41, 5.74) is 1.26. The summed E-state index contributed by atoms with van der Waals surface area (Å²) in [7, 11) is 0. The molecule has 1 aliphatic rings. The Morgan fingerprint density at radius 3 is 2.70 bits per heavy atom. The third-order valence-electron chi connectivity index (χ3n) is 1.92. The molecule has 1 heteroatoms. The number of allylic oxidation sites excluding steroid dienone is 1. The van der Waals surface area contributed by atoms with Crippen molar-refractivity contribution in [3.05, 3.63) is 11.6 Å². The van der Waals surface area contributed by atoms with Gasteiger partial charge in [0.15, 0.2) is 0 Å². The molecule has 1 atom stereocenters. The Bertz CT molecular complexity index is 136. The zero-order valence-electron chi connectivity index (χ0n) is 6.80. The molecule has 10 heavy (non-hydrogen) atoms. The van der Waals surface area contributed by atoms with E-state index in [4.69, 9.17) is 0 Å². The standard InChI is InChI=1S/C9H16O/c1-7(2)6-8-4-3-5-9(8)10/h6-7,9-10H,3-5H2,1-2H3/b8-6+. The number of aliphatic hydroxyl groups is 1. The van der Waals surface area contributed by atoms with Crippen molar-refractivity contribution in [2.75, 3.05) is 0 Å². The molecule has 0 amide bonds. The van der Waals surface area contributed by atoms with E-state index in [1.165, 1.54) is 12.0 Å². The average molecular weight is 140 g/mol. The lowest BCUT2D eigenvalue weighted by Crippen LogP contribution is -2.02. The van der Waals surface area contributed by atoms with Crippen LogP contribution in [0.4, 0.5) is 0 Å². The molecule has 0 bridgehead atoms. The molecule has 0 aliphatic heterocycles. The molecule has 0 heterocycles. The fourth-order valence-corrected chi connectivity index (χ4v) is 1.47. The molecular formula is C9H16O. The maximum atomic E-state index is 9.37. The van der Waals surface area contributed by atoms with Crippen LogP contribution in [0, 0.1) is 5.92 Å². The highest BCUT2D eigenvalue weighted by atomic mass is 16.3. The third-order valence-corrected chi connectivity index (χ3v) is 1.92. The van der Waals surface area contributed by atoms with Gasteiger partial charge in [0.2, 0.25) is 0 Å². The van der Waals surface area contributed by atoms with Crippen molar-refractivity contribution in [3.63, 3.8) is 0 Å². The summed E-state index contributed by atoms with van der Waals surface area (Å²) in [4.78, 5) is 0. The molecule has 58 valence electrons. The highest BCUT2D eigenvalue weighted by Crippen LogP contribution is 2.25. The first-order valence-electron chi connectivity index (χ1n) is 4.09. The molecule has 1 rings (SSSR count). The molecule has 0 aromatic carbocycles. The maximum absolute atomic E-state index is 9.37. The van der Waals surface area contributed by atoms with Gasteiger partial charge in [-0.05, 0) is 30.8 Å². The largest absolute Gasteiger partial charge is 0.389 e. The quantitative estimate of drug-likeness (QED) is 0.553. The molecule has 1 aliphatic carbocycles. The van der Waals surface area contributed by atoms with Crippen LogP contribution in [0.3, 0.4) is 0 Å². The smallest absolute Gasteiger partial charge is 0.0750 e. The van der Waals surface area contributed by atoms with Gasteiger partial charge in [-0.15, -0.1) is 0 Å². The fourth-order valence-electron chi connectivity index (χ4n) is 1.47. The van der Waals surface area contributed by atoms with Gasteiger partial charge in [0.05, 0.1) is 6.10 Å². The second kappa shape index (κ2) is 3.20. The highest BCUT2D eigenvalue weighted by Gasteiger charge is 2.17. The molecule has 0 spiro atoms. The van der Waals surface area contributed by atoms with E-state index >= 15 is 0 Å². The fraction of sp³-hybridized carbons (Fsp3) is 0.778. The first-order chi connectivity index (χ1) is 4.70. The lowest BCUT2D eigenvalue weighted by molar-refractivity contribution is 0.217. The zero-order chi connectivity index (χ0) is 7.56. The number of hydrogen-bond acceptors (Lipinski definition) is 1. The minimum Gasteiger partial charge on any atom is -0.389 e. The van der Waals surface area contributed by atoms with Gasteiger partial charge in [0.25, 0.3) is 0 Å². The van der Waals surface area contributed by atoms with Gasteiger partial charge < -0.3 is 5.11 Å². The van der Waals surface area contributed by atoms with Crippen LogP contribution in [0.15, 0.2) is 11.6 Å². The predicted molar refractivity (Wildman–Crippen MR) is 42.8 cm³/mol. The summed E-state index contributed by atoms with van der Waals surface area (Å²) < 4.78 is 0. The van der Waals surface area contributed by atoms with Crippen molar-refractivity contribution >= 4 is 0 Å². The third kappa shape index (κ3) is 1.84. The summed E-state index contributed by atoms with van der Waals surface area (Å²) in [6.07, 6.45) is 5.32. The summed E-state index contributed by atoms with van der Waals surface area (Å²) in [5.74, 6) is 0.586. The van der Waals surface area contributed by atoms with Gasteiger partial charge >= 0.3 is 0 Å². The Kier molecular flexibility index (Phi) is 2.50. The minimum absolute atomic E-state index is 0.123. The van der Waals surface area contributed by atoms with Crippen molar-refractivity contribution in [3.8, 4) is 0 Å². The molecular weight excluding hydrogens is 124 g/mol. The number of rotatable bonds is 1. The number of aliphatic hydroxyl groups excluding tert-OH is 1. The van der Waals surface area contributed by atoms with Gasteiger partial charge in [-0.25, -0.2) is 0 Å². The van der Waals surface area contributed by atoms with E-state index in [1.807, 2.05) is 0 Å². The topological polar surface area (TPSA) is 20.2 Å². The highest BCUT2D eigenvalue weighted by molar-refractivity contribution is 5.12. The lowest BCUT2D eigenvalue weighted by Gasteiger charge is -2.04. The second-order valence-corrected chi connectivity index (χ2v) is 3.39. The zero-order valence-corrected chi connectivity index (χ0v) is 6.80. The molecule has 0 saturated heterocycles. The van der Waals surface area contributed by atoms with E-state index in [0.29, 0.717) is 5.92 Å². The first kappa shape index (κ1) is 7.80. The van der Waals surface area contributed by atoms with Crippen LogP contribution >= 0.6 is 0 Å². The number of hydrogen-bond donors (Lipinski definition) is 1. The van der Waals surface area contributed by atoms with Crippen molar-refractivity contribution in [1.82, 2.24) is 0 Å². The van der Waals surface area contributed by atoms with Gasteiger partial charge in [-0.3, -0.25) is 0 Å². The van der Waals surface area contributed by atoms with E-state index in [9.17, 15) is 5.11 Å². The second-order valence-electron chi connectivity index (χ2n) is 3.39. The van der Waals surface area contributed by atoms with Crippen LogP contribution in [0.25, 0.3) is 0 Å². The maximum Gasteiger partial charge on any atom is 0.0750 e. The lowest BCUT2D eigenvalue weighted by atomic mass is 10.1. The molecule has 1 N–H and O–H groups in total. The monoisotopic (exact) mass is 140 g/mol. The normalized spacial score (nSPS) is 30.4. The van der Waals surface area contributed by atoms with Crippen molar-refractivity contribution in [2.45, 2.75) is 39.2 Å². The average Bonchev–Trinajstić information content (AvgIpc) is 2.15. The molecule has 0 aromatic heterocycles. The summed E-state index contributed by atoms with van der Waals surface area (Å²) in [5, 5.41) is 9.37. The Labute approximate surface area is 62.8 Å². The predicted octanol–water partition coefficient (Wildman–Crippen LogP) is 2.11. The van der Waals surface area contributed by atoms with Gasteiger partial charge in [0.1, 0.15) is 0 Å². The van der Waals surface area contributed by atoms with Crippen LogP contribution in [0.1, 0.15) is 33.1 Å². The van der Waals surface area contributed by atoms with Crippen molar-refractivity contribution < 1.29 is 5.11 Å². The van der Waals surface area contributed by atoms with Crippen LogP contribution in [0.2, 0.25) is 0 Å². The van der Waals surface area contributed by atoms with Crippen LogP contribution in [0.5, 0.6) is 0 Å².